The zero-order valence-electron chi connectivity index (χ0n) is 16.4. The minimum atomic E-state index is -0.116. The van der Waals surface area contributed by atoms with Crippen molar-refractivity contribution in [1.82, 2.24) is 30.5 Å². The molecule has 2 N–H and O–H groups in total. The highest BCUT2D eigenvalue weighted by Crippen LogP contribution is 2.35. The molecule has 0 saturated heterocycles. The van der Waals surface area contributed by atoms with Crippen LogP contribution in [0.15, 0.2) is 42.7 Å². The van der Waals surface area contributed by atoms with Gasteiger partial charge in [-0.2, -0.15) is 4.68 Å². The van der Waals surface area contributed by atoms with E-state index in [2.05, 4.69) is 44.0 Å². The number of nitrogens with zero attached hydrogens (tertiary/aromatic N) is 4. The molecule has 0 radical (unpaired) electrons. The van der Waals surface area contributed by atoms with Crippen LogP contribution in [0.25, 0.3) is 16.6 Å². The van der Waals surface area contributed by atoms with E-state index in [9.17, 15) is 4.79 Å². The van der Waals surface area contributed by atoms with Gasteiger partial charge in [0.1, 0.15) is 6.33 Å². The number of fused-ring (bicyclic) bond motifs is 3. The van der Waals surface area contributed by atoms with Gasteiger partial charge in [-0.25, -0.2) is 0 Å². The Labute approximate surface area is 168 Å². The molecule has 7 heteroatoms. The molecule has 2 aromatic heterocycles. The fourth-order valence-electron chi connectivity index (χ4n) is 4.34. The number of H-pyrrole nitrogens is 1. The summed E-state index contributed by atoms with van der Waals surface area (Å²) in [4.78, 5) is 16.8. The molecular weight excluding hydrogens is 364 g/mol. The molecule has 0 spiro atoms. The standard InChI is InChI=1S/C22H22N6O/c1-13-10-11-17(21(14(13)2)28-12-23-26-27-28)22(29)25-19-9-5-7-16-15-6-3-4-8-18(15)24-20(16)19/h3-4,6,8,10-12,19,24H,5,7,9H2,1-2H3,(H,25,29). The number of aromatic amines is 1. The lowest BCUT2D eigenvalue weighted by Crippen LogP contribution is -2.32. The monoisotopic (exact) mass is 386 g/mol. The Bertz CT molecular complexity index is 1210. The fourth-order valence-corrected chi connectivity index (χ4v) is 4.34. The van der Waals surface area contributed by atoms with Gasteiger partial charge in [0.2, 0.25) is 0 Å². The normalized spacial score (nSPS) is 16.0. The first-order valence-electron chi connectivity index (χ1n) is 9.87. The zero-order chi connectivity index (χ0) is 20.0. The Balaban J connectivity index is 1.52. The first-order chi connectivity index (χ1) is 14.1. The summed E-state index contributed by atoms with van der Waals surface area (Å²) >= 11 is 0. The van der Waals surface area contributed by atoms with Crippen LogP contribution < -0.4 is 5.32 Å². The second-order valence-corrected chi connectivity index (χ2v) is 7.64. The van der Waals surface area contributed by atoms with Crippen LogP contribution in [0, 0.1) is 13.8 Å². The van der Waals surface area contributed by atoms with Crippen LogP contribution >= 0.6 is 0 Å². The van der Waals surface area contributed by atoms with Crippen molar-refractivity contribution in [2.45, 2.75) is 39.2 Å². The Hall–Kier alpha value is -3.48. The highest BCUT2D eigenvalue weighted by Gasteiger charge is 2.27. The summed E-state index contributed by atoms with van der Waals surface area (Å²) in [5, 5.41) is 16.0. The number of benzene rings is 2. The molecule has 1 amide bonds. The number of hydrogen-bond donors (Lipinski definition) is 2. The van der Waals surface area contributed by atoms with Crippen molar-refractivity contribution in [1.29, 1.82) is 0 Å². The topological polar surface area (TPSA) is 88.5 Å². The van der Waals surface area contributed by atoms with Crippen molar-refractivity contribution in [3.05, 3.63) is 70.7 Å². The van der Waals surface area contributed by atoms with Gasteiger partial charge in [-0.3, -0.25) is 4.79 Å². The van der Waals surface area contributed by atoms with Crippen molar-refractivity contribution < 1.29 is 4.79 Å². The number of nitrogens with one attached hydrogen (secondary N) is 2. The average molecular weight is 386 g/mol. The second kappa shape index (κ2) is 6.84. The summed E-state index contributed by atoms with van der Waals surface area (Å²) < 4.78 is 1.56. The Morgan fingerprint density at radius 3 is 2.90 bits per heavy atom. The van der Waals surface area contributed by atoms with E-state index in [-0.39, 0.29) is 11.9 Å². The molecule has 1 unspecified atom stereocenters. The lowest BCUT2D eigenvalue weighted by atomic mass is 9.91. The molecule has 0 fully saturated rings. The van der Waals surface area contributed by atoms with E-state index in [4.69, 9.17) is 0 Å². The predicted molar refractivity (Wildman–Crippen MR) is 110 cm³/mol. The first-order valence-corrected chi connectivity index (χ1v) is 9.87. The Morgan fingerprint density at radius 2 is 2.07 bits per heavy atom. The molecule has 0 saturated carbocycles. The summed E-state index contributed by atoms with van der Waals surface area (Å²) in [5.74, 6) is -0.116. The van der Waals surface area contributed by atoms with Gasteiger partial charge in [0.25, 0.3) is 5.91 Å². The molecule has 1 aliphatic carbocycles. The van der Waals surface area contributed by atoms with E-state index >= 15 is 0 Å². The van der Waals surface area contributed by atoms with Crippen LogP contribution in [0.5, 0.6) is 0 Å². The van der Waals surface area contributed by atoms with Crippen molar-refractivity contribution >= 4 is 16.8 Å². The van der Waals surface area contributed by atoms with E-state index in [1.807, 2.05) is 32.0 Å². The van der Waals surface area contributed by atoms with Gasteiger partial charge in [0.15, 0.2) is 0 Å². The number of para-hydroxylation sites is 1. The van der Waals surface area contributed by atoms with Crippen molar-refractivity contribution in [3.63, 3.8) is 0 Å². The van der Waals surface area contributed by atoms with Crippen LogP contribution in [0.3, 0.4) is 0 Å². The molecule has 0 aliphatic heterocycles. The maximum atomic E-state index is 13.3. The highest BCUT2D eigenvalue weighted by molar-refractivity contribution is 5.99. The largest absolute Gasteiger partial charge is 0.356 e. The van der Waals surface area contributed by atoms with Crippen molar-refractivity contribution in [3.8, 4) is 5.69 Å². The van der Waals surface area contributed by atoms with Crippen molar-refractivity contribution in [2.24, 2.45) is 0 Å². The molecule has 7 nitrogen and oxygen atoms in total. The van der Waals surface area contributed by atoms with E-state index in [1.165, 1.54) is 17.3 Å². The third kappa shape index (κ3) is 2.90. The van der Waals surface area contributed by atoms with Gasteiger partial charge in [0, 0.05) is 16.6 Å². The smallest absolute Gasteiger partial charge is 0.254 e. The van der Waals surface area contributed by atoms with Gasteiger partial charge in [0.05, 0.1) is 17.3 Å². The third-order valence-corrected chi connectivity index (χ3v) is 5.94. The quantitative estimate of drug-likeness (QED) is 0.563. The summed E-state index contributed by atoms with van der Waals surface area (Å²) in [6, 6.07) is 12.1. The van der Waals surface area contributed by atoms with Crippen LogP contribution in [-0.4, -0.2) is 31.1 Å². The number of amides is 1. The number of hydrogen-bond acceptors (Lipinski definition) is 4. The van der Waals surface area contributed by atoms with Gasteiger partial charge in [-0.15, -0.1) is 5.10 Å². The van der Waals surface area contributed by atoms with E-state index in [1.54, 1.807) is 4.68 Å². The molecule has 2 aromatic carbocycles. The fraction of sp³-hybridized carbons (Fsp3) is 0.273. The van der Waals surface area contributed by atoms with Gasteiger partial charge >= 0.3 is 0 Å². The molecule has 5 rings (SSSR count). The second-order valence-electron chi connectivity index (χ2n) is 7.64. The number of rotatable bonds is 3. The van der Waals surface area contributed by atoms with Gasteiger partial charge in [-0.05, 0) is 72.4 Å². The molecule has 0 bridgehead atoms. The maximum Gasteiger partial charge on any atom is 0.254 e. The maximum absolute atomic E-state index is 13.3. The Morgan fingerprint density at radius 1 is 1.21 bits per heavy atom. The zero-order valence-corrected chi connectivity index (χ0v) is 16.4. The molecular formula is C22H22N6O. The molecule has 4 aromatic rings. The van der Waals surface area contributed by atoms with Gasteiger partial charge < -0.3 is 10.3 Å². The van der Waals surface area contributed by atoms with E-state index in [0.29, 0.717) is 5.56 Å². The van der Waals surface area contributed by atoms with Crippen LogP contribution in [0.1, 0.15) is 51.6 Å². The summed E-state index contributed by atoms with van der Waals surface area (Å²) in [6.07, 6.45) is 4.52. The third-order valence-electron chi connectivity index (χ3n) is 5.94. The Kier molecular flexibility index (Phi) is 4.16. The molecule has 1 aliphatic rings. The average Bonchev–Trinajstić information content (AvgIpc) is 3.38. The lowest BCUT2D eigenvalue weighted by Gasteiger charge is -2.24. The predicted octanol–water partition coefficient (Wildman–Crippen LogP) is 3.57. The number of carbonyl (C=O) groups is 1. The number of aromatic nitrogens is 5. The molecule has 2 heterocycles. The molecule has 29 heavy (non-hydrogen) atoms. The van der Waals surface area contributed by atoms with Crippen molar-refractivity contribution in [2.75, 3.05) is 0 Å². The number of aryl methyl sites for hydroxylation is 2. The summed E-state index contributed by atoms with van der Waals surface area (Å²) in [5.41, 5.74) is 6.93. The van der Waals surface area contributed by atoms with Crippen LogP contribution in [-0.2, 0) is 6.42 Å². The van der Waals surface area contributed by atoms with Gasteiger partial charge in [-0.1, -0.05) is 24.3 Å². The van der Waals surface area contributed by atoms with Crippen LogP contribution in [0.2, 0.25) is 0 Å². The van der Waals surface area contributed by atoms with E-state index < -0.39 is 0 Å². The lowest BCUT2D eigenvalue weighted by molar-refractivity contribution is 0.0931. The number of tetrazole rings is 1. The molecule has 146 valence electrons. The summed E-state index contributed by atoms with van der Waals surface area (Å²) in [7, 11) is 0. The minimum Gasteiger partial charge on any atom is -0.356 e. The SMILES string of the molecule is Cc1ccc(C(=O)NC2CCCc3c2[nH]c2ccccc32)c(-n2cnnn2)c1C. The highest BCUT2D eigenvalue weighted by atomic mass is 16.1. The number of carbonyl (C=O) groups excluding carboxylic acids is 1. The first kappa shape index (κ1) is 17.6. The minimum absolute atomic E-state index is 0.0398. The molecule has 1 atom stereocenters. The van der Waals surface area contributed by atoms with Crippen LogP contribution in [0.4, 0.5) is 0 Å². The summed E-state index contributed by atoms with van der Waals surface area (Å²) in [6.45, 7) is 4.00. The van der Waals surface area contributed by atoms with E-state index in [0.717, 1.165) is 47.3 Å².